The number of rotatable bonds is 4. The highest BCUT2D eigenvalue weighted by atomic mass is 35.5. The molecule has 5 heteroatoms. The first kappa shape index (κ1) is 17.0. The van der Waals surface area contributed by atoms with Crippen molar-refractivity contribution in [1.82, 2.24) is 14.5 Å². The Labute approximate surface area is 157 Å². The van der Waals surface area contributed by atoms with E-state index in [0.29, 0.717) is 10.4 Å². The molecule has 0 N–H and O–H groups in total. The van der Waals surface area contributed by atoms with Crippen molar-refractivity contribution in [2.45, 2.75) is 13.0 Å². The zero-order valence-corrected chi connectivity index (χ0v) is 15.6. The second-order valence-electron chi connectivity index (χ2n) is 6.84. The van der Waals surface area contributed by atoms with E-state index in [1.807, 2.05) is 42.5 Å². The van der Waals surface area contributed by atoms with Crippen LogP contribution in [0.4, 0.5) is 0 Å². The third-order valence-corrected chi connectivity index (χ3v) is 4.93. The molecule has 0 amide bonds. The molecule has 1 heterocycles. The highest BCUT2D eigenvalue weighted by Gasteiger charge is 2.17. The average molecular weight is 366 g/mol. The third-order valence-electron chi connectivity index (χ3n) is 4.70. The molecule has 1 aliphatic carbocycles. The number of halogens is 1. The molecule has 2 aromatic rings. The Hall–Kier alpha value is -2.43. The lowest BCUT2D eigenvalue weighted by atomic mass is 10.0. The second kappa shape index (κ2) is 6.71. The molecule has 0 radical (unpaired) electrons. The molecule has 0 unspecified atom stereocenters. The Kier molecular flexibility index (Phi) is 4.39. The lowest BCUT2D eigenvalue weighted by Crippen LogP contribution is -2.17. The normalized spacial score (nSPS) is 11.8. The van der Waals surface area contributed by atoms with Gasteiger partial charge in [0.1, 0.15) is 0 Å². The van der Waals surface area contributed by atoms with Gasteiger partial charge in [-0.3, -0.25) is 4.79 Å². The SMILES string of the molecule is CN(C)CCCn1c2cc(=O)c3ccccc3c-2nc2cc(Cl)ccc21. The van der Waals surface area contributed by atoms with Crippen LogP contribution in [0.2, 0.25) is 5.02 Å². The Morgan fingerprint density at radius 3 is 2.62 bits per heavy atom. The van der Waals surface area contributed by atoms with Gasteiger partial charge in [0.15, 0.2) is 5.43 Å². The first-order chi connectivity index (χ1) is 12.5. The average Bonchev–Trinajstić information content (AvgIpc) is 2.62. The Balaban J connectivity index is 2.04. The summed E-state index contributed by atoms with van der Waals surface area (Å²) in [6.07, 6.45) is 0.982. The van der Waals surface area contributed by atoms with E-state index in [-0.39, 0.29) is 5.43 Å². The summed E-state index contributed by atoms with van der Waals surface area (Å²) in [5, 5.41) is 2.25. The monoisotopic (exact) mass is 365 g/mol. The topological polar surface area (TPSA) is 38.1 Å². The van der Waals surface area contributed by atoms with Crippen LogP contribution in [-0.4, -0.2) is 35.1 Å². The highest BCUT2D eigenvalue weighted by molar-refractivity contribution is 6.31. The van der Waals surface area contributed by atoms with Crippen LogP contribution >= 0.6 is 11.6 Å². The molecule has 0 atom stereocenters. The van der Waals surface area contributed by atoms with Crippen LogP contribution in [0.25, 0.3) is 33.2 Å². The molecule has 0 spiro atoms. The van der Waals surface area contributed by atoms with Gasteiger partial charge in [-0.1, -0.05) is 35.9 Å². The van der Waals surface area contributed by atoms with Crippen molar-refractivity contribution < 1.29 is 0 Å². The van der Waals surface area contributed by atoms with Gasteiger partial charge in [-0.2, -0.15) is 0 Å². The highest BCUT2D eigenvalue weighted by Crippen LogP contribution is 2.31. The fourth-order valence-corrected chi connectivity index (χ4v) is 3.65. The van der Waals surface area contributed by atoms with Gasteiger partial charge in [-0.15, -0.1) is 0 Å². The summed E-state index contributed by atoms with van der Waals surface area (Å²) in [5.41, 5.74) is 3.60. The summed E-state index contributed by atoms with van der Waals surface area (Å²) < 4.78 is 2.20. The molecular formula is C21H20ClN3O. The second-order valence-corrected chi connectivity index (χ2v) is 7.28. The summed E-state index contributed by atoms with van der Waals surface area (Å²) in [4.78, 5) is 19.7. The third kappa shape index (κ3) is 2.96. The number of nitrogens with zero attached hydrogens (tertiary/aromatic N) is 3. The van der Waals surface area contributed by atoms with Gasteiger partial charge >= 0.3 is 0 Å². The number of benzene rings is 3. The number of aromatic nitrogens is 2. The molecule has 0 aromatic heterocycles. The minimum atomic E-state index is 0.0320. The first-order valence-corrected chi connectivity index (χ1v) is 9.09. The minimum Gasteiger partial charge on any atom is -0.338 e. The fourth-order valence-electron chi connectivity index (χ4n) is 3.49. The van der Waals surface area contributed by atoms with Crippen molar-refractivity contribution in [2.24, 2.45) is 0 Å². The summed E-state index contributed by atoms with van der Waals surface area (Å²) in [5.74, 6) is 0. The molecule has 4 nitrogen and oxygen atoms in total. The lowest BCUT2D eigenvalue weighted by molar-refractivity contribution is 0.388. The van der Waals surface area contributed by atoms with E-state index in [1.165, 1.54) is 0 Å². The molecule has 1 aliphatic heterocycles. The first-order valence-electron chi connectivity index (χ1n) is 8.71. The summed E-state index contributed by atoms with van der Waals surface area (Å²) in [6, 6.07) is 15.1. The number of fused-ring (bicyclic) bond motifs is 4. The van der Waals surface area contributed by atoms with Crippen LogP contribution in [0, 0.1) is 0 Å². The zero-order valence-electron chi connectivity index (χ0n) is 14.9. The van der Waals surface area contributed by atoms with E-state index < -0.39 is 0 Å². The number of aryl methyl sites for hydroxylation is 1. The van der Waals surface area contributed by atoms with Crippen molar-refractivity contribution in [3.05, 3.63) is 63.8 Å². The van der Waals surface area contributed by atoms with Crippen LogP contribution in [0.5, 0.6) is 0 Å². The maximum Gasteiger partial charge on any atom is 0.188 e. The summed E-state index contributed by atoms with van der Waals surface area (Å²) in [7, 11) is 4.13. The molecule has 0 fully saturated rings. The lowest BCUT2D eigenvalue weighted by Gasteiger charge is -2.20. The Morgan fingerprint density at radius 2 is 1.85 bits per heavy atom. The predicted molar refractivity (Wildman–Crippen MR) is 108 cm³/mol. The van der Waals surface area contributed by atoms with Crippen molar-refractivity contribution >= 4 is 33.4 Å². The van der Waals surface area contributed by atoms with Crippen molar-refractivity contribution in [3.8, 4) is 11.4 Å². The van der Waals surface area contributed by atoms with E-state index in [9.17, 15) is 4.79 Å². The molecule has 2 aliphatic rings. The van der Waals surface area contributed by atoms with Gasteiger partial charge < -0.3 is 9.47 Å². The molecule has 4 rings (SSSR count). The van der Waals surface area contributed by atoms with Gasteiger partial charge in [0.2, 0.25) is 0 Å². The smallest absolute Gasteiger partial charge is 0.188 e. The van der Waals surface area contributed by atoms with E-state index >= 15 is 0 Å². The van der Waals surface area contributed by atoms with E-state index in [0.717, 1.165) is 47.3 Å². The molecule has 0 bridgehead atoms. The molecular weight excluding hydrogens is 346 g/mol. The van der Waals surface area contributed by atoms with E-state index in [4.69, 9.17) is 16.6 Å². The van der Waals surface area contributed by atoms with Crippen LogP contribution in [0.15, 0.2) is 53.3 Å². The van der Waals surface area contributed by atoms with Crippen molar-refractivity contribution in [1.29, 1.82) is 0 Å². The molecule has 2 aromatic carbocycles. The fraction of sp³-hybridized carbons (Fsp3) is 0.238. The van der Waals surface area contributed by atoms with E-state index in [2.05, 4.69) is 23.6 Å². The maximum absolute atomic E-state index is 12.6. The van der Waals surface area contributed by atoms with E-state index in [1.54, 1.807) is 6.07 Å². The predicted octanol–water partition coefficient (Wildman–Crippen LogP) is 4.26. The van der Waals surface area contributed by atoms with Crippen LogP contribution in [0.1, 0.15) is 6.42 Å². The summed E-state index contributed by atoms with van der Waals surface area (Å²) in [6.45, 7) is 1.79. The Morgan fingerprint density at radius 1 is 1.08 bits per heavy atom. The molecule has 26 heavy (non-hydrogen) atoms. The summed E-state index contributed by atoms with van der Waals surface area (Å²) >= 11 is 6.21. The van der Waals surface area contributed by atoms with Crippen LogP contribution < -0.4 is 5.43 Å². The van der Waals surface area contributed by atoms with Crippen LogP contribution in [0.3, 0.4) is 0 Å². The quantitative estimate of drug-likeness (QED) is 0.400. The molecule has 132 valence electrons. The van der Waals surface area contributed by atoms with Gasteiger partial charge in [-0.05, 0) is 45.3 Å². The van der Waals surface area contributed by atoms with Crippen molar-refractivity contribution in [2.75, 3.05) is 20.6 Å². The van der Waals surface area contributed by atoms with Gasteiger partial charge in [-0.25, -0.2) is 4.98 Å². The maximum atomic E-state index is 12.6. The number of hydrogen-bond acceptors (Lipinski definition) is 3. The van der Waals surface area contributed by atoms with Crippen molar-refractivity contribution in [3.63, 3.8) is 0 Å². The molecule has 0 saturated carbocycles. The van der Waals surface area contributed by atoms with Gasteiger partial charge in [0.25, 0.3) is 0 Å². The van der Waals surface area contributed by atoms with Gasteiger partial charge in [0, 0.05) is 28.4 Å². The molecule has 0 saturated heterocycles. The number of hydrogen-bond donors (Lipinski definition) is 0. The minimum absolute atomic E-state index is 0.0320. The zero-order chi connectivity index (χ0) is 18.3. The standard InChI is InChI=1S/C21H20ClN3O/c1-24(2)10-5-11-25-18-9-8-14(22)12-17(18)23-21-16-7-4-3-6-15(16)20(26)13-19(21)25/h3-4,6-9,12-13H,5,10-11H2,1-2H3. The van der Waals surface area contributed by atoms with Gasteiger partial charge in [0.05, 0.1) is 22.4 Å². The Bertz CT molecular complexity index is 1130. The largest absolute Gasteiger partial charge is 0.338 e. The van der Waals surface area contributed by atoms with Crippen LogP contribution in [-0.2, 0) is 6.54 Å².